The molecular formula is C15H26O3. The molecule has 0 amide bonds. The monoisotopic (exact) mass is 254 g/mol. The van der Waals surface area contributed by atoms with Crippen LogP contribution in [0.15, 0.2) is 0 Å². The number of hydrogen-bond donors (Lipinski definition) is 1. The van der Waals surface area contributed by atoms with Crippen molar-refractivity contribution in [1.29, 1.82) is 0 Å². The van der Waals surface area contributed by atoms with E-state index in [0.29, 0.717) is 19.8 Å². The third-order valence-electron chi connectivity index (χ3n) is 5.64. The number of ether oxygens (including phenoxy) is 2. The van der Waals surface area contributed by atoms with Crippen molar-refractivity contribution in [2.75, 3.05) is 26.4 Å². The predicted molar refractivity (Wildman–Crippen MR) is 69.3 cm³/mol. The number of aliphatic hydroxyl groups is 1. The van der Waals surface area contributed by atoms with Crippen LogP contribution in [-0.4, -0.2) is 37.1 Å². The van der Waals surface area contributed by atoms with Crippen LogP contribution in [-0.2, 0) is 9.47 Å². The van der Waals surface area contributed by atoms with Crippen molar-refractivity contribution in [2.24, 2.45) is 23.7 Å². The van der Waals surface area contributed by atoms with E-state index in [1.54, 1.807) is 0 Å². The third kappa shape index (κ3) is 2.21. The largest absolute Gasteiger partial charge is 0.394 e. The summed E-state index contributed by atoms with van der Waals surface area (Å²) in [5.41, 5.74) is 0.107. The average molecular weight is 254 g/mol. The summed E-state index contributed by atoms with van der Waals surface area (Å²) in [6.45, 7) is 4.16. The topological polar surface area (TPSA) is 38.7 Å². The molecule has 0 heterocycles. The summed E-state index contributed by atoms with van der Waals surface area (Å²) < 4.78 is 11.5. The lowest BCUT2D eigenvalue weighted by molar-refractivity contribution is -0.199. The fraction of sp³-hybridized carbons (Fsp3) is 1.00. The number of rotatable bonds is 6. The maximum Gasteiger partial charge on any atom is 0.0712 e. The average Bonchev–Trinajstić information content (AvgIpc) is 2.35. The summed E-state index contributed by atoms with van der Waals surface area (Å²) in [6, 6.07) is 0. The van der Waals surface area contributed by atoms with Crippen molar-refractivity contribution in [2.45, 2.75) is 44.6 Å². The Hall–Kier alpha value is -0.120. The maximum absolute atomic E-state index is 8.66. The first-order valence-corrected chi connectivity index (χ1v) is 7.55. The Kier molecular flexibility index (Phi) is 3.65. The zero-order chi connectivity index (χ0) is 12.6. The first-order chi connectivity index (χ1) is 8.72. The van der Waals surface area contributed by atoms with E-state index in [9.17, 15) is 0 Å². The van der Waals surface area contributed by atoms with E-state index in [0.717, 1.165) is 23.7 Å². The molecule has 0 aromatic rings. The molecule has 3 heteroatoms. The molecule has 4 aliphatic rings. The molecular weight excluding hydrogens is 228 g/mol. The number of hydrogen-bond acceptors (Lipinski definition) is 3. The van der Waals surface area contributed by atoms with Crippen molar-refractivity contribution in [3.05, 3.63) is 0 Å². The molecule has 0 spiro atoms. The van der Waals surface area contributed by atoms with Gasteiger partial charge in [0, 0.05) is 0 Å². The normalized spacial score (nSPS) is 45.7. The lowest BCUT2D eigenvalue weighted by Gasteiger charge is -2.59. The Morgan fingerprint density at radius 2 is 1.56 bits per heavy atom. The summed E-state index contributed by atoms with van der Waals surface area (Å²) in [5.74, 6) is 3.56. The Morgan fingerprint density at radius 3 is 2.11 bits per heavy atom. The lowest BCUT2D eigenvalue weighted by Crippen LogP contribution is -2.57. The zero-order valence-corrected chi connectivity index (χ0v) is 11.4. The molecule has 18 heavy (non-hydrogen) atoms. The van der Waals surface area contributed by atoms with Crippen LogP contribution in [0, 0.1) is 23.7 Å². The molecule has 1 N–H and O–H groups in total. The van der Waals surface area contributed by atoms with Crippen molar-refractivity contribution in [3.8, 4) is 0 Å². The lowest BCUT2D eigenvalue weighted by atomic mass is 9.50. The van der Waals surface area contributed by atoms with E-state index in [1.165, 1.54) is 32.1 Å². The van der Waals surface area contributed by atoms with Crippen molar-refractivity contribution >= 4 is 0 Å². The Labute approximate surface area is 110 Å². The molecule has 0 atom stereocenters. The summed E-state index contributed by atoms with van der Waals surface area (Å²) in [6.07, 6.45) is 7.05. The van der Waals surface area contributed by atoms with Gasteiger partial charge in [-0.15, -0.1) is 0 Å². The van der Waals surface area contributed by atoms with Gasteiger partial charge < -0.3 is 14.6 Å². The minimum Gasteiger partial charge on any atom is -0.394 e. The van der Waals surface area contributed by atoms with Gasteiger partial charge in [-0.2, -0.15) is 0 Å². The SMILES string of the molecule is CC1(OCCOCCO)C2CC3CC(C2)CC1C3. The van der Waals surface area contributed by atoms with Gasteiger partial charge in [0.25, 0.3) is 0 Å². The molecule has 4 aliphatic carbocycles. The predicted octanol–water partition coefficient (Wildman–Crippen LogP) is 2.23. The first-order valence-electron chi connectivity index (χ1n) is 7.55. The summed E-state index contributed by atoms with van der Waals surface area (Å²) in [4.78, 5) is 0. The van der Waals surface area contributed by atoms with Gasteiger partial charge in [-0.1, -0.05) is 0 Å². The quantitative estimate of drug-likeness (QED) is 0.739. The summed E-state index contributed by atoms with van der Waals surface area (Å²) in [5, 5.41) is 8.66. The molecule has 3 nitrogen and oxygen atoms in total. The molecule has 4 bridgehead atoms. The molecule has 0 aliphatic heterocycles. The Morgan fingerprint density at radius 1 is 0.944 bits per heavy atom. The summed E-state index contributed by atoms with van der Waals surface area (Å²) in [7, 11) is 0. The molecule has 4 fully saturated rings. The van der Waals surface area contributed by atoms with Crippen LogP contribution < -0.4 is 0 Å². The second-order valence-electron chi connectivity index (χ2n) is 6.67. The molecule has 4 saturated carbocycles. The second-order valence-corrected chi connectivity index (χ2v) is 6.67. The van der Waals surface area contributed by atoms with Gasteiger partial charge in [-0.3, -0.25) is 0 Å². The van der Waals surface area contributed by atoms with Crippen LogP contribution in [0.2, 0.25) is 0 Å². The van der Waals surface area contributed by atoms with Crippen molar-refractivity contribution < 1.29 is 14.6 Å². The highest BCUT2D eigenvalue weighted by molar-refractivity contribution is 5.05. The van der Waals surface area contributed by atoms with E-state index < -0.39 is 0 Å². The van der Waals surface area contributed by atoms with E-state index in [2.05, 4.69) is 6.92 Å². The Bertz CT molecular complexity index is 261. The molecule has 0 radical (unpaired) electrons. The van der Waals surface area contributed by atoms with Crippen LogP contribution >= 0.6 is 0 Å². The second kappa shape index (κ2) is 5.10. The molecule has 0 aromatic heterocycles. The van der Waals surface area contributed by atoms with Gasteiger partial charge in [0.15, 0.2) is 0 Å². The Balaban J connectivity index is 1.54. The van der Waals surface area contributed by atoms with Gasteiger partial charge in [0.2, 0.25) is 0 Å². The van der Waals surface area contributed by atoms with E-state index >= 15 is 0 Å². The van der Waals surface area contributed by atoms with Crippen LogP contribution in [0.3, 0.4) is 0 Å². The van der Waals surface area contributed by atoms with Gasteiger partial charge in [0.05, 0.1) is 32.0 Å². The molecule has 104 valence electrons. The van der Waals surface area contributed by atoms with E-state index in [4.69, 9.17) is 14.6 Å². The van der Waals surface area contributed by atoms with Gasteiger partial charge in [0.1, 0.15) is 0 Å². The van der Waals surface area contributed by atoms with E-state index in [1.807, 2.05) is 0 Å². The van der Waals surface area contributed by atoms with Crippen molar-refractivity contribution in [1.82, 2.24) is 0 Å². The minimum absolute atomic E-state index is 0.103. The first kappa shape index (κ1) is 12.9. The zero-order valence-electron chi connectivity index (χ0n) is 11.4. The fourth-order valence-corrected chi connectivity index (χ4v) is 4.84. The van der Waals surface area contributed by atoms with Gasteiger partial charge in [-0.25, -0.2) is 0 Å². The summed E-state index contributed by atoms with van der Waals surface area (Å²) >= 11 is 0. The van der Waals surface area contributed by atoms with Crippen LogP contribution in [0.25, 0.3) is 0 Å². The third-order valence-corrected chi connectivity index (χ3v) is 5.64. The van der Waals surface area contributed by atoms with Crippen molar-refractivity contribution in [3.63, 3.8) is 0 Å². The molecule has 0 saturated heterocycles. The van der Waals surface area contributed by atoms with Crippen LogP contribution in [0.4, 0.5) is 0 Å². The van der Waals surface area contributed by atoms with Crippen LogP contribution in [0.1, 0.15) is 39.0 Å². The molecule has 0 unspecified atom stereocenters. The van der Waals surface area contributed by atoms with Gasteiger partial charge >= 0.3 is 0 Å². The maximum atomic E-state index is 8.66. The van der Waals surface area contributed by atoms with E-state index in [-0.39, 0.29) is 12.2 Å². The number of aliphatic hydroxyl groups excluding tert-OH is 1. The molecule has 4 rings (SSSR count). The minimum atomic E-state index is 0.103. The highest BCUT2D eigenvalue weighted by Crippen LogP contribution is 2.59. The van der Waals surface area contributed by atoms with Crippen LogP contribution in [0.5, 0.6) is 0 Å². The highest BCUT2D eigenvalue weighted by Gasteiger charge is 2.55. The fourth-order valence-electron chi connectivity index (χ4n) is 4.84. The van der Waals surface area contributed by atoms with Gasteiger partial charge in [-0.05, 0) is 62.7 Å². The molecule has 0 aromatic carbocycles. The standard InChI is InChI=1S/C15H26O3/c1-15(18-5-4-17-3-2-16)13-7-11-6-12(9-13)10-14(15)8-11/h11-14,16H,2-10H2,1H3. The highest BCUT2D eigenvalue weighted by atomic mass is 16.5. The smallest absolute Gasteiger partial charge is 0.0712 e.